The van der Waals surface area contributed by atoms with Gasteiger partial charge in [-0.15, -0.1) is 0 Å². The molecule has 2 aromatic carbocycles. The first kappa shape index (κ1) is 26.3. The Morgan fingerprint density at radius 1 is 0.973 bits per heavy atom. The Labute approximate surface area is 216 Å². The van der Waals surface area contributed by atoms with Crippen molar-refractivity contribution in [2.24, 2.45) is 0 Å². The normalized spacial score (nSPS) is 23.9. The third-order valence-electron chi connectivity index (χ3n) is 7.00. The maximum Gasteiger partial charge on any atom is 0.246 e. The van der Waals surface area contributed by atoms with Gasteiger partial charge >= 0.3 is 0 Å². The summed E-state index contributed by atoms with van der Waals surface area (Å²) in [5, 5.41) is 8.40. The molecule has 2 saturated heterocycles. The summed E-state index contributed by atoms with van der Waals surface area (Å²) in [5.41, 5.74) is -0.347. The fraction of sp³-hybridized carbons (Fsp3) is 0.429. The predicted octanol–water partition coefficient (Wildman–Crippen LogP) is 1.48. The number of hydrogen-bond acceptors (Lipinski definition) is 6. The molecule has 0 aromatic heterocycles. The lowest BCUT2D eigenvalue weighted by atomic mass is 9.94. The van der Waals surface area contributed by atoms with E-state index in [0.29, 0.717) is 25.2 Å². The highest BCUT2D eigenvalue weighted by Crippen LogP contribution is 2.29. The third-order valence-corrected chi connectivity index (χ3v) is 7.00. The standard InChI is InChI=1S/C28H33N3O6/c1-27(14-13-23(32)31-27)26(35)30-22(16-19-9-11-20(36-3)12-10-19)25(34)29-21(24(33)28(2)17-37-28)15-18-7-5-4-6-8-18/h4-12,21-22H,13-17H2,1-3H3,(H,29,34)(H,30,35)(H,31,32). The Morgan fingerprint density at radius 3 is 2.16 bits per heavy atom. The number of Topliss-reactive ketones (excluding diaryl/α,β-unsaturated/α-hetero) is 1. The average molecular weight is 508 g/mol. The molecule has 4 atom stereocenters. The van der Waals surface area contributed by atoms with Gasteiger partial charge in [-0.3, -0.25) is 19.2 Å². The molecule has 4 unspecified atom stereocenters. The van der Waals surface area contributed by atoms with Crippen LogP contribution in [0.25, 0.3) is 0 Å². The minimum absolute atomic E-state index is 0.186. The van der Waals surface area contributed by atoms with Crippen molar-refractivity contribution in [2.45, 2.75) is 62.8 Å². The summed E-state index contributed by atoms with van der Waals surface area (Å²) in [6.45, 7) is 3.65. The first-order chi connectivity index (χ1) is 17.6. The molecule has 196 valence electrons. The number of epoxide rings is 1. The number of carbonyl (C=O) groups excluding carboxylic acids is 4. The first-order valence-corrected chi connectivity index (χ1v) is 12.4. The van der Waals surface area contributed by atoms with E-state index in [9.17, 15) is 19.2 Å². The highest BCUT2D eigenvalue weighted by molar-refractivity contribution is 5.99. The molecular formula is C28H33N3O6. The van der Waals surface area contributed by atoms with Crippen molar-refractivity contribution < 1.29 is 28.7 Å². The van der Waals surface area contributed by atoms with Gasteiger partial charge in [0, 0.05) is 12.8 Å². The second-order valence-corrected chi connectivity index (χ2v) is 10.1. The topological polar surface area (TPSA) is 126 Å². The average Bonchev–Trinajstić information content (AvgIpc) is 3.55. The second kappa shape index (κ2) is 10.7. The van der Waals surface area contributed by atoms with Gasteiger partial charge in [0.1, 0.15) is 22.9 Å². The summed E-state index contributed by atoms with van der Waals surface area (Å²) >= 11 is 0. The Balaban J connectivity index is 1.55. The number of nitrogens with one attached hydrogen (secondary N) is 3. The van der Waals surface area contributed by atoms with Crippen LogP contribution in [0, 0.1) is 0 Å². The molecule has 2 fully saturated rings. The van der Waals surface area contributed by atoms with Crippen LogP contribution in [0.1, 0.15) is 37.8 Å². The summed E-state index contributed by atoms with van der Waals surface area (Å²) in [4.78, 5) is 51.8. The molecule has 0 saturated carbocycles. The van der Waals surface area contributed by atoms with Crippen LogP contribution in [0.3, 0.4) is 0 Å². The van der Waals surface area contributed by atoms with E-state index in [4.69, 9.17) is 9.47 Å². The van der Waals surface area contributed by atoms with E-state index in [2.05, 4.69) is 16.0 Å². The van der Waals surface area contributed by atoms with E-state index in [0.717, 1.165) is 11.1 Å². The van der Waals surface area contributed by atoms with Gasteiger partial charge in [-0.25, -0.2) is 0 Å². The van der Waals surface area contributed by atoms with Gasteiger partial charge < -0.3 is 25.4 Å². The molecule has 9 nitrogen and oxygen atoms in total. The maximum atomic E-state index is 13.6. The van der Waals surface area contributed by atoms with Crippen molar-refractivity contribution in [1.29, 1.82) is 0 Å². The molecule has 2 aliphatic rings. The van der Waals surface area contributed by atoms with E-state index in [1.807, 2.05) is 42.5 Å². The lowest BCUT2D eigenvalue weighted by Gasteiger charge is -2.28. The maximum absolute atomic E-state index is 13.6. The largest absolute Gasteiger partial charge is 0.497 e. The zero-order valence-corrected chi connectivity index (χ0v) is 21.3. The van der Waals surface area contributed by atoms with Crippen LogP contribution < -0.4 is 20.7 Å². The van der Waals surface area contributed by atoms with Crippen LogP contribution in [0.5, 0.6) is 5.75 Å². The number of benzene rings is 2. The van der Waals surface area contributed by atoms with Crippen LogP contribution in [0.15, 0.2) is 54.6 Å². The van der Waals surface area contributed by atoms with Crippen LogP contribution in [-0.4, -0.2) is 60.4 Å². The number of rotatable bonds is 11. The van der Waals surface area contributed by atoms with Gasteiger partial charge in [-0.2, -0.15) is 0 Å². The highest BCUT2D eigenvalue weighted by Gasteiger charge is 2.50. The monoisotopic (exact) mass is 507 g/mol. The second-order valence-electron chi connectivity index (χ2n) is 10.1. The fourth-order valence-electron chi connectivity index (χ4n) is 4.44. The Hall–Kier alpha value is -3.72. The van der Waals surface area contributed by atoms with Gasteiger partial charge in [0.25, 0.3) is 0 Å². The van der Waals surface area contributed by atoms with Crippen LogP contribution in [0.2, 0.25) is 0 Å². The van der Waals surface area contributed by atoms with Gasteiger partial charge in [0.05, 0.1) is 19.8 Å². The molecule has 0 spiro atoms. The number of hydrogen-bond donors (Lipinski definition) is 3. The number of methoxy groups -OCH3 is 1. The van der Waals surface area contributed by atoms with Crippen molar-refractivity contribution in [1.82, 2.24) is 16.0 Å². The number of ketones is 1. The van der Waals surface area contributed by atoms with E-state index in [1.54, 1.807) is 33.1 Å². The molecular weight excluding hydrogens is 474 g/mol. The summed E-state index contributed by atoms with van der Waals surface area (Å²) in [6, 6.07) is 14.8. The number of carbonyl (C=O) groups is 4. The van der Waals surface area contributed by atoms with Crippen molar-refractivity contribution in [3.63, 3.8) is 0 Å². The van der Waals surface area contributed by atoms with E-state index in [-0.39, 0.29) is 24.5 Å². The Morgan fingerprint density at radius 2 is 1.59 bits per heavy atom. The molecule has 0 aliphatic carbocycles. The van der Waals surface area contributed by atoms with Crippen molar-refractivity contribution in [3.8, 4) is 5.75 Å². The minimum atomic E-state index is -1.11. The molecule has 0 bridgehead atoms. The molecule has 0 radical (unpaired) electrons. The summed E-state index contributed by atoms with van der Waals surface area (Å²) in [5.74, 6) is -0.693. The molecule has 3 N–H and O–H groups in total. The molecule has 37 heavy (non-hydrogen) atoms. The third kappa shape index (κ3) is 6.35. The number of amides is 3. The van der Waals surface area contributed by atoms with Crippen molar-refractivity contribution in [2.75, 3.05) is 13.7 Å². The predicted molar refractivity (Wildman–Crippen MR) is 136 cm³/mol. The smallest absolute Gasteiger partial charge is 0.246 e. The van der Waals surface area contributed by atoms with Crippen molar-refractivity contribution >= 4 is 23.5 Å². The minimum Gasteiger partial charge on any atom is -0.497 e. The zero-order valence-electron chi connectivity index (χ0n) is 21.3. The summed E-state index contributed by atoms with van der Waals surface area (Å²) in [6.07, 6.45) is 1.05. The Bertz CT molecular complexity index is 1160. The molecule has 4 rings (SSSR count). The van der Waals surface area contributed by atoms with E-state index < -0.39 is 35.0 Å². The van der Waals surface area contributed by atoms with Gasteiger partial charge in [0.15, 0.2) is 5.78 Å². The van der Waals surface area contributed by atoms with E-state index in [1.165, 1.54) is 0 Å². The highest BCUT2D eigenvalue weighted by atomic mass is 16.6. The molecule has 2 aliphatic heterocycles. The molecule has 2 heterocycles. The van der Waals surface area contributed by atoms with E-state index >= 15 is 0 Å². The SMILES string of the molecule is COc1ccc(CC(NC(=O)C2(C)CCC(=O)N2)C(=O)NC(Cc2ccccc2)C(=O)C2(C)CO2)cc1. The van der Waals surface area contributed by atoms with Gasteiger partial charge in [-0.05, 0) is 49.9 Å². The fourth-order valence-corrected chi connectivity index (χ4v) is 4.44. The number of ether oxygens (including phenoxy) is 2. The molecule has 3 amide bonds. The van der Waals surface area contributed by atoms with Crippen LogP contribution >= 0.6 is 0 Å². The lowest BCUT2D eigenvalue weighted by Crippen LogP contribution is -2.59. The first-order valence-electron chi connectivity index (χ1n) is 12.4. The lowest BCUT2D eigenvalue weighted by molar-refractivity contribution is -0.135. The quantitative estimate of drug-likeness (QED) is 0.396. The molecule has 9 heteroatoms. The van der Waals surface area contributed by atoms with Gasteiger partial charge in [0.2, 0.25) is 17.7 Å². The molecule has 2 aromatic rings. The van der Waals surface area contributed by atoms with Crippen LogP contribution in [0.4, 0.5) is 0 Å². The van der Waals surface area contributed by atoms with Crippen LogP contribution in [-0.2, 0) is 36.8 Å². The zero-order chi connectivity index (χ0) is 26.6. The summed E-state index contributed by atoms with van der Waals surface area (Å²) < 4.78 is 10.6. The van der Waals surface area contributed by atoms with Crippen molar-refractivity contribution in [3.05, 3.63) is 65.7 Å². The summed E-state index contributed by atoms with van der Waals surface area (Å²) in [7, 11) is 1.57. The Kier molecular flexibility index (Phi) is 7.63. The van der Waals surface area contributed by atoms with Gasteiger partial charge in [-0.1, -0.05) is 42.5 Å².